The van der Waals surface area contributed by atoms with Crippen molar-refractivity contribution in [2.45, 2.75) is 13.1 Å². The zero-order valence-electron chi connectivity index (χ0n) is 17.1. The minimum atomic E-state index is -4.58. The molecule has 1 heterocycles. The third-order valence-electron chi connectivity index (χ3n) is 4.11. The lowest BCUT2D eigenvalue weighted by Gasteiger charge is -2.13. The van der Waals surface area contributed by atoms with Crippen LogP contribution in [-0.2, 0) is 15.8 Å². The maximum atomic E-state index is 13.2. The van der Waals surface area contributed by atoms with Crippen LogP contribution in [0.2, 0.25) is 0 Å². The number of nitrogens with one attached hydrogen (secondary N) is 1. The molecule has 1 aliphatic heterocycles. The van der Waals surface area contributed by atoms with E-state index in [1.807, 2.05) is 0 Å². The summed E-state index contributed by atoms with van der Waals surface area (Å²) < 4.78 is 55.2. The summed E-state index contributed by atoms with van der Waals surface area (Å²) in [7, 11) is 2.75. The number of nitrogens with zero attached hydrogens (tertiary/aromatic N) is 1. The molecule has 0 unspecified atom stereocenters. The molecule has 2 aromatic rings. The molecule has 1 fully saturated rings. The van der Waals surface area contributed by atoms with E-state index in [4.69, 9.17) is 14.2 Å². The fourth-order valence-electron chi connectivity index (χ4n) is 2.78. The largest absolute Gasteiger partial charge is 0.493 e. The highest BCUT2D eigenvalue weighted by Crippen LogP contribution is 2.41. The number of carbonyl (C=O) groups is 2. The number of hydrogen-bond donors (Lipinski definition) is 1. The van der Waals surface area contributed by atoms with Gasteiger partial charge in [-0.3, -0.25) is 9.59 Å². The maximum Gasteiger partial charge on any atom is 0.418 e. The molecule has 32 heavy (non-hydrogen) atoms. The first-order chi connectivity index (χ1) is 15.1. The number of alkyl halides is 3. The van der Waals surface area contributed by atoms with Crippen LogP contribution in [0.15, 0.2) is 46.3 Å². The van der Waals surface area contributed by atoms with Crippen molar-refractivity contribution >= 4 is 40.6 Å². The molecule has 3 rings (SSSR count). The van der Waals surface area contributed by atoms with Crippen LogP contribution >= 0.6 is 11.8 Å². The second-order valence-electron chi connectivity index (χ2n) is 6.34. The van der Waals surface area contributed by atoms with Gasteiger partial charge in [-0.05, 0) is 47.7 Å². The number of esters is 1. The van der Waals surface area contributed by atoms with E-state index in [2.05, 4.69) is 10.3 Å². The number of methoxy groups -OCH3 is 2. The minimum Gasteiger partial charge on any atom is -0.493 e. The molecule has 1 aliphatic rings. The number of amides is 1. The molecule has 0 spiro atoms. The molecule has 0 atom stereocenters. The Morgan fingerprint density at radius 2 is 1.75 bits per heavy atom. The lowest BCUT2D eigenvalue weighted by molar-refractivity contribution is -0.137. The van der Waals surface area contributed by atoms with Crippen LogP contribution in [0.5, 0.6) is 17.2 Å². The first-order valence-electron chi connectivity index (χ1n) is 9.02. The van der Waals surface area contributed by atoms with Crippen LogP contribution < -0.4 is 19.5 Å². The topological polar surface area (TPSA) is 86.2 Å². The summed E-state index contributed by atoms with van der Waals surface area (Å²) in [6.45, 7) is 1.23. The average Bonchev–Trinajstić information content (AvgIpc) is 3.06. The normalized spacial score (nSPS) is 16.2. The Morgan fingerprint density at radius 3 is 2.31 bits per heavy atom. The molecule has 0 aliphatic carbocycles. The highest BCUT2D eigenvalue weighted by atomic mass is 32.2. The van der Waals surface area contributed by atoms with E-state index in [9.17, 15) is 22.8 Å². The van der Waals surface area contributed by atoms with Crippen molar-refractivity contribution < 1.29 is 37.0 Å². The van der Waals surface area contributed by atoms with Crippen molar-refractivity contribution in [3.8, 4) is 17.2 Å². The fourth-order valence-corrected chi connectivity index (χ4v) is 3.61. The minimum absolute atomic E-state index is 0.00779. The van der Waals surface area contributed by atoms with Crippen molar-refractivity contribution in [3.05, 3.63) is 52.4 Å². The van der Waals surface area contributed by atoms with Gasteiger partial charge in [0.25, 0.3) is 5.91 Å². The number of hydrogen-bond acceptors (Lipinski definition) is 7. The van der Waals surface area contributed by atoms with Crippen LogP contribution in [-0.4, -0.2) is 31.3 Å². The van der Waals surface area contributed by atoms with Gasteiger partial charge in [0.05, 0.1) is 30.4 Å². The van der Waals surface area contributed by atoms with Crippen molar-refractivity contribution in [2.24, 2.45) is 4.99 Å². The predicted octanol–water partition coefficient (Wildman–Crippen LogP) is 4.54. The molecule has 7 nitrogen and oxygen atoms in total. The van der Waals surface area contributed by atoms with Crippen LogP contribution in [0.25, 0.3) is 6.08 Å². The summed E-state index contributed by atoms with van der Waals surface area (Å²) in [6.07, 6.45) is -3.09. The first kappa shape index (κ1) is 23.2. The van der Waals surface area contributed by atoms with Crippen molar-refractivity contribution in [1.29, 1.82) is 0 Å². The summed E-state index contributed by atoms with van der Waals surface area (Å²) in [5.74, 6) is -0.622. The highest BCUT2D eigenvalue weighted by molar-refractivity contribution is 8.18. The van der Waals surface area contributed by atoms with Crippen LogP contribution in [0.1, 0.15) is 18.1 Å². The number of aliphatic imine (C=N–C) groups is 1. The second-order valence-corrected chi connectivity index (χ2v) is 7.38. The fraction of sp³-hybridized carbons (Fsp3) is 0.190. The molecule has 168 valence electrons. The third kappa shape index (κ3) is 5.22. The Balaban J connectivity index is 1.94. The van der Waals surface area contributed by atoms with Crippen LogP contribution in [0.3, 0.4) is 0 Å². The van der Waals surface area contributed by atoms with E-state index in [1.165, 1.54) is 57.6 Å². The van der Waals surface area contributed by atoms with Gasteiger partial charge in [0, 0.05) is 6.92 Å². The van der Waals surface area contributed by atoms with Gasteiger partial charge in [-0.25, -0.2) is 4.99 Å². The Hall–Kier alpha value is -3.47. The van der Waals surface area contributed by atoms with Gasteiger partial charge in [-0.2, -0.15) is 13.2 Å². The molecule has 0 bridgehead atoms. The van der Waals surface area contributed by atoms with E-state index in [0.29, 0.717) is 5.56 Å². The highest BCUT2D eigenvalue weighted by Gasteiger charge is 2.34. The number of benzene rings is 2. The molecular weight excluding hydrogens is 449 g/mol. The lowest BCUT2D eigenvalue weighted by atomic mass is 10.1. The number of thioether (sulfide) groups is 1. The van der Waals surface area contributed by atoms with Gasteiger partial charge in [0.2, 0.25) is 5.75 Å². The van der Waals surface area contributed by atoms with Gasteiger partial charge in [0.1, 0.15) is 0 Å². The Kier molecular flexibility index (Phi) is 6.78. The predicted molar refractivity (Wildman–Crippen MR) is 113 cm³/mol. The van der Waals surface area contributed by atoms with Gasteiger partial charge < -0.3 is 19.5 Å². The number of para-hydroxylation sites is 1. The van der Waals surface area contributed by atoms with Crippen LogP contribution in [0.4, 0.5) is 18.9 Å². The van der Waals surface area contributed by atoms with Gasteiger partial charge in [-0.15, -0.1) is 0 Å². The molecule has 1 amide bonds. The zero-order chi connectivity index (χ0) is 23.5. The van der Waals surface area contributed by atoms with Crippen molar-refractivity contribution in [3.63, 3.8) is 0 Å². The van der Waals surface area contributed by atoms with Gasteiger partial charge in [-0.1, -0.05) is 12.1 Å². The number of ether oxygens (including phenoxy) is 3. The maximum absolute atomic E-state index is 13.2. The van der Waals surface area contributed by atoms with E-state index >= 15 is 0 Å². The summed E-state index contributed by atoms with van der Waals surface area (Å²) in [5, 5.41) is 2.46. The van der Waals surface area contributed by atoms with Gasteiger partial charge in [0.15, 0.2) is 16.7 Å². The first-order valence-corrected chi connectivity index (χ1v) is 9.84. The summed E-state index contributed by atoms with van der Waals surface area (Å²) >= 11 is 0.886. The summed E-state index contributed by atoms with van der Waals surface area (Å²) in [4.78, 5) is 27.8. The Morgan fingerprint density at radius 1 is 1.12 bits per heavy atom. The third-order valence-corrected chi connectivity index (χ3v) is 5.02. The van der Waals surface area contributed by atoms with E-state index in [-0.39, 0.29) is 33.0 Å². The lowest BCUT2D eigenvalue weighted by Crippen LogP contribution is -2.19. The standard InChI is InChI=1S/C21H17F3N2O5S/c1-11(27)31-18-15(29-2)8-12(9-16(18)30-3)10-17-19(28)26-20(32-17)25-14-7-5-4-6-13(14)21(22,23)24/h4-10H,1-3H3,(H,25,26,28). The van der Waals surface area contributed by atoms with Crippen LogP contribution in [0, 0.1) is 0 Å². The molecule has 0 saturated carbocycles. The number of carbonyl (C=O) groups excluding carboxylic acids is 2. The van der Waals surface area contributed by atoms with E-state index in [0.717, 1.165) is 17.8 Å². The number of rotatable bonds is 5. The second kappa shape index (κ2) is 9.35. The molecule has 0 radical (unpaired) electrons. The molecule has 11 heteroatoms. The quantitative estimate of drug-likeness (QED) is 0.396. The van der Waals surface area contributed by atoms with E-state index < -0.39 is 23.6 Å². The average molecular weight is 466 g/mol. The SMILES string of the molecule is COc1cc(C=C2SC(=Nc3ccccc3C(F)(F)F)NC2=O)cc(OC)c1OC(C)=O. The van der Waals surface area contributed by atoms with Crippen molar-refractivity contribution in [1.82, 2.24) is 5.32 Å². The monoisotopic (exact) mass is 466 g/mol. The number of halogens is 3. The molecule has 1 saturated heterocycles. The molecule has 2 aromatic carbocycles. The Labute approximate surface area is 185 Å². The summed E-state index contributed by atoms with van der Waals surface area (Å²) in [5.41, 5.74) is -0.738. The molecule has 0 aromatic heterocycles. The molecule has 1 N–H and O–H groups in total. The van der Waals surface area contributed by atoms with Gasteiger partial charge >= 0.3 is 12.1 Å². The number of amidine groups is 1. The molecular formula is C21H17F3N2O5S. The van der Waals surface area contributed by atoms with Crippen molar-refractivity contribution in [2.75, 3.05) is 14.2 Å². The Bertz CT molecular complexity index is 1100. The van der Waals surface area contributed by atoms with E-state index in [1.54, 1.807) is 0 Å². The zero-order valence-corrected chi connectivity index (χ0v) is 17.9. The smallest absolute Gasteiger partial charge is 0.418 e. The summed E-state index contributed by atoms with van der Waals surface area (Å²) in [6, 6.07) is 7.87.